The number of carbonyl (C=O) groups is 1. The monoisotopic (exact) mass is 507 g/mol. The van der Waals surface area contributed by atoms with Crippen molar-refractivity contribution in [1.82, 2.24) is 20.4 Å². The van der Waals surface area contributed by atoms with Gasteiger partial charge in [-0.2, -0.15) is 0 Å². The van der Waals surface area contributed by atoms with Crippen LogP contribution in [-0.2, 0) is 4.79 Å². The highest BCUT2D eigenvalue weighted by atomic mass is 127. The van der Waals surface area contributed by atoms with E-state index in [0.29, 0.717) is 6.54 Å². The Balaban J connectivity index is 0.00000392. The van der Waals surface area contributed by atoms with Crippen LogP contribution in [0.25, 0.3) is 0 Å². The number of likely N-dealkylation sites (tertiary alicyclic amines) is 1. The van der Waals surface area contributed by atoms with Crippen LogP contribution in [0.5, 0.6) is 0 Å². The van der Waals surface area contributed by atoms with Gasteiger partial charge in [-0.15, -0.1) is 24.0 Å². The molecule has 2 fully saturated rings. The van der Waals surface area contributed by atoms with Crippen LogP contribution in [0.2, 0.25) is 0 Å². The van der Waals surface area contributed by atoms with E-state index in [1.54, 1.807) is 4.90 Å². The van der Waals surface area contributed by atoms with Crippen LogP contribution in [0.3, 0.4) is 0 Å². The summed E-state index contributed by atoms with van der Waals surface area (Å²) < 4.78 is 0. The van der Waals surface area contributed by atoms with Crippen LogP contribution in [0.1, 0.15) is 58.8 Å². The molecule has 0 aromatic carbocycles. The van der Waals surface area contributed by atoms with Crippen molar-refractivity contribution in [1.29, 1.82) is 0 Å². The normalized spacial score (nSPS) is 20.5. The Hall–Kier alpha value is -0.570. The summed E-state index contributed by atoms with van der Waals surface area (Å²) in [4.78, 5) is 21.8. The number of carbonyl (C=O) groups excluding carboxylic acids is 1. The van der Waals surface area contributed by atoms with Gasteiger partial charge in [-0.25, -0.2) is 0 Å². The molecule has 1 heterocycles. The third-order valence-electron chi connectivity index (χ3n) is 6.12. The molecular weight excluding hydrogens is 465 g/mol. The van der Waals surface area contributed by atoms with E-state index in [1.807, 2.05) is 14.1 Å². The summed E-state index contributed by atoms with van der Waals surface area (Å²) in [6, 6.07) is 0. The fraction of sp³-hybridized carbons (Fsp3) is 0.905. The number of aliphatic imine (C=N–C) groups is 1. The fourth-order valence-electron chi connectivity index (χ4n) is 4.33. The number of halogens is 1. The molecule has 0 atom stereocenters. The highest BCUT2D eigenvalue weighted by Crippen LogP contribution is 2.39. The second-order valence-corrected chi connectivity index (χ2v) is 8.69. The highest BCUT2D eigenvalue weighted by molar-refractivity contribution is 14.0. The lowest BCUT2D eigenvalue weighted by Crippen LogP contribution is -2.43. The van der Waals surface area contributed by atoms with Gasteiger partial charge in [0.2, 0.25) is 5.91 Å². The molecule has 0 radical (unpaired) electrons. The zero-order valence-corrected chi connectivity index (χ0v) is 20.8. The summed E-state index contributed by atoms with van der Waals surface area (Å²) in [5, 5.41) is 6.80. The van der Waals surface area contributed by atoms with E-state index >= 15 is 0 Å². The highest BCUT2D eigenvalue weighted by Gasteiger charge is 2.42. The third-order valence-corrected chi connectivity index (χ3v) is 6.12. The number of nitrogens with zero attached hydrogens (tertiary/aromatic N) is 3. The number of hydrogen-bond acceptors (Lipinski definition) is 3. The first kappa shape index (κ1) is 25.5. The topological polar surface area (TPSA) is 60.0 Å². The van der Waals surface area contributed by atoms with E-state index in [9.17, 15) is 4.79 Å². The molecule has 1 aliphatic heterocycles. The lowest BCUT2D eigenvalue weighted by atomic mass is 9.85. The Labute approximate surface area is 189 Å². The second-order valence-electron chi connectivity index (χ2n) is 8.69. The van der Waals surface area contributed by atoms with Gasteiger partial charge in [0.25, 0.3) is 0 Å². The molecule has 1 saturated carbocycles. The first-order valence-corrected chi connectivity index (χ1v) is 10.9. The third kappa shape index (κ3) is 7.69. The van der Waals surface area contributed by atoms with Crippen molar-refractivity contribution in [2.45, 2.75) is 58.8 Å². The molecule has 6 nitrogen and oxygen atoms in total. The first-order chi connectivity index (χ1) is 13.0. The molecule has 2 N–H and O–H groups in total. The van der Waals surface area contributed by atoms with E-state index in [1.165, 1.54) is 25.9 Å². The smallest absolute Gasteiger partial charge is 0.230 e. The van der Waals surface area contributed by atoms with Gasteiger partial charge in [0, 0.05) is 27.2 Å². The van der Waals surface area contributed by atoms with Crippen LogP contribution in [0.4, 0.5) is 0 Å². The van der Waals surface area contributed by atoms with Crippen molar-refractivity contribution in [3.05, 3.63) is 0 Å². The minimum atomic E-state index is -0.295. The molecule has 2 aliphatic rings. The molecule has 0 aromatic heterocycles. The Morgan fingerprint density at radius 3 is 2.39 bits per heavy atom. The van der Waals surface area contributed by atoms with Crippen molar-refractivity contribution in [2.24, 2.45) is 16.3 Å². The number of guanidine groups is 1. The Morgan fingerprint density at radius 1 is 1.18 bits per heavy atom. The van der Waals surface area contributed by atoms with Gasteiger partial charge < -0.3 is 20.4 Å². The van der Waals surface area contributed by atoms with E-state index in [-0.39, 0.29) is 35.3 Å². The number of piperidine rings is 1. The lowest BCUT2D eigenvalue weighted by molar-refractivity contribution is -0.138. The minimum Gasteiger partial charge on any atom is -0.357 e. The summed E-state index contributed by atoms with van der Waals surface area (Å²) in [6.45, 7) is 10.4. The SMILES string of the molecule is CCNC(=NCC1(C(=O)N(C)C)CCCC1)NCCCN1CCC(C)CC1.I. The molecule has 164 valence electrons. The molecule has 0 unspecified atom stereocenters. The van der Waals surface area contributed by atoms with E-state index in [0.717, 1.165) is 63.6 Å². The first-order valence-electron chi connectivity index (χ1n) is 10.9. The van der Waals surface area contributed by atoms with E-state index < -0.39 is 0 Å². The summed E-state index contributed by atoms with van der Waals surface area (Å²) in [6.07, 6.45) is 7.97. The van der Waals surface area contributed by atoms with Crippen LogP contribution < -0.4 is 10.6 Å². The predicted octanol–water partition coefficient (Wildman–Crippen LogP) is 2.93. The zero-order chi connectivity index (χ0) is 19.7. The molecule has 1 saturated heterocycles. The molecular formula is C21H42IN5O. The van der Waals surface area contributed by atoms with Crippen molar-refractivity contribution in [2.75, 3.05) is 53.4 Å². The van der Waals surface area contributed by atoms with Crippen molar-refractivity contribution < 1.29 is 4.79 Å². The summed E-state index contributed by atoms with van der Waals surface area (Å²) in [7, 11) is 3.72. The average molecular weight is 508 g/mol. The summed E-state index contributed by atoms with van der Waals surface area (Å²) in [5.74, 6) is 1.97. The van der Waals surface area contributed by atoms with Crippen molar-refractivity contribution >= 4 is 35.8 Å². The number of nitrogens with one attached hydrogen (secondary N) is 2. The fourth-order valence-corrected chi connectivity index (χ4v) is 4.33. The van der Waals surface area contributed by atoms with E-state index in [2.05, 4.69) is 29.4 Å². The molecule has 0 spiro atoms. The molecule has 1 amide bonds. The quantitative estimate of drug-likeness (QED) is 0.230. The van der Waals surface area contributed by atoms with E-state index in [4.69, 9.17) is 4.99 Å². The summed E-state index contributed by atoms with van der Waals surface area (Å²) in [5.41, 5.74) is -0.295. The van der Waals surface area contributed by atoms with Gasteiger partial charge in [-0.1, -0.05) is 19.8 Å². The Kier molecular flexibility index (Phi) is 11.7. The minimum absolute atomic E-state index is 0. The molecule has 0 bridgehead atoms. The molecule has 28 heavy (non-hydrogen) atoms. The second kappa shape index (κ2) is 12.9. The van der Waals surface area contributed by atoms with Gasteiger partial charge >= 0.3 is 0 Å². The maximum atomic E-state index is 12.7. The molecule has 0 aromatic rings. The predicted molar refractivity (Wildman–Crippen MR) is 128 cm³/mol. The zero-order valence-electron chi connectivity index (χ0n) is 18.4. The van der Waals surface area contributed by atoms with Gasteiger partial charge in [0.05, 0.1) is 12.0 Å². The molecule has 2 rings (SSSR count). The Morgan fingerprint density at radius 2 is 1.82 bits per heavy atom. The summed E-state index contributed by atoms with van der Waals surface area (Å²) >= 11 is 0. The standard InChI is InChI=1S/C21H41N5O.HI/c1-5-22-20(23-13-8-14-26-15-9-18(2)10-16-26)24-17-21(11-6-7-12-21)19(27)25(3)4;/h18H,5-17H2,1-4H3,(H2,22,23,24);1H. The average Bonchev–Trinajstić information content (AvgIpc) is 3.14. The number of hydrogen-bond donors (Lipinski definition) is 2. The lowest BCUT2D eigenvalue weighted by Gasteiger charge is -2.30. The van der Waals surface area contributed by atoms with Crippen LogP contribution >= 0.6 is 24.0 Å². The number of rotatable bonds is 8. The van der Waals surface area contributed by atoms with Crippen LogP contribution in [-0.4, -0.2) is 75.0 Å². The van der Waals surface area contributed by atoms with Crippen molar-refractivity contribution in [3.63, 3.8) is 0 Å². The van der Waals surface area contributed by atoms with Crippen LogP contribution in [0, 0.1) is 11.3 Å². The molecule has 7 heteroatoms. The van der Waals surface area contributed by atoms with Gasteiger partial charge in [0.15, 0.2) is 5.96 Å². The van der Waals surface area contributed by atoms with Crippen LogP contribution in [0.15, 0.2) is 4.99 Å². The maximum absolute atomic E-state index is 12.7. The van der Waals surface area contributed by atoms with Gasteiger partial charge in [-0.3, -0.25) is 9.79 Å². The molecule has 1 aliphatic carbocycles. The van der Waals surface area contributed by atoms with Gasteiger partial charge in [-0.05, 0) is 64.6 Å². The maximum Gasteiger partial charge on any atom is 0.230 e. The number of amides is 1. The van der Waals surface area contributed by atoms with Crippen molar-refractivity contribution in [3.8, 4) is 0 Å². The largest absolute Gasteiger partial charge is 0.357 e. The Bertz CT molecular complexity index is 483. The van der Waals surface area contributed by atoms with Gasteiger partial charge in [0.1, 0.15) is 0 Å².